The largest absolute Gasteiger partial charge is 0.465 e. The highest BCUT2D eigenvalue weighted by molar-refractivity contribution is 7.88. The molecular weight excluding hydrogens is 208 g/mol. The molecule has 1 saturated heterocycles. The zero-order chi connectivity index (χ0) is 10.9. The maximum atomic E-state index is 11.2. The Kier molecular flexibility index (Phi) is 3.01. The van der Waals surface area contributed by atoms with E-state index in [9.17, 15) is 13.2 Å². The van der Waals surface area contributed by atoms with Crippen molar-refractivity contribution in [3.63, 3.8) is 0 Å². The van der Waals surface area contributed by atoms with E-state index in [1.54, 1.807) is 6.92 Å². The Bertz CT molecular complexity index is 327. The summed E-state index contributed by atoms with van der Waals surface area (Å²) in [5.41, 5.74) is 0. The molecule has 1 N–H and O–H groups in total. The minimum atomic E-state index is -3.19. The summed E-state index contributed by atoms with van der Waals surface area (Å²) >= 11 is 0. The van der Waals surface area contributed by atoms with Crippen molar-refractivity contribution >= 4 is 16.1 Å². The van der Waals surface area contributed by atoms with Crippen LogP contribution in [0.2, 0.25) is 0 Å². The highest BCUT2D eigenvalue weighted by Crippen LogP contribution is 2.11. The van der Waals surface area contributed by atoms with Gasteiger partial charge in [0.1, 0.15) is 0 Å². The Balaban J connectivity index is 2.69. The van der Waals surface area contributed by atoms with Crippen molar-refractivity contribution in [1.29, 1.82) is 0 Å². The zero-order valence-corrected chi connectivity index (χ0v) is 8.99. The van der Waals surface area contributed by atoms with E-state index in [1.807, 2.05) is 0 Å². The molecule has 14 heavy (non-hydrogen) atoms. The quantitative estimate of drug-likeness (QED) is 0.656. The summed E-state index contributed by atoms with van der Waals surface area (Å²) in [5.74, 6) is 0. The molecule has 1 rings (SSSR count). The van der Waals surface area contributed by atoms with Gasteiger partial charge in [-0.1, -0.05) is 0 Å². The van der Waals surface area contributed by atoms with Crippen molar-refractivity contribution in [2.24, 2.45) is 0 Å². The monoisotopic (exact) mass is 222 g/mol. The average Bonchev–Trinajstić information content (AvgIpc) is 2.01. The first-order valence-electron chi connectivity index (χ1n) is 4.27. The van der Waals surface area contributed by atoms with Crippen molar-refractivity contribution < 1.29 is 18.3 Å². The predicted octanol–water partition coefficient (Wildman–Crippen LogP) is -0.370. The Morgan fingerprint density at radius 3 is 2.36 bits per heavy atom. The van der Waals surface area contributed by atoms with Crippen LogP contribution in [0.25, 0.3) is 0 Å². The average molecular weight is 222 g/mol. The van der Waals surface area contributed by atoms with Crippen molar-refractivity contribution in [2.45, 2.75) is 13.0 Å². The highest BCUT2D eigenvalue weighted by Gasteiger charge is 2.30. The number of piperazine rings is 1. The normalized spacial score (nSPS) is 25.0. The van der Waals surface area contributed by atoms with Gasteiger partial charge in [-0.05, 0) is 6.92 Å². The molecule has 1 aliphatic rings. The van der Waals surface area contributed by atoms with E-state index in [0.717, 1.165) is 6.26 Å². The first kappa shape index (κ1) is 11.3. The standard InChI is InChI=1S/C7H14N2O4S/c1-6-5-8(14(2,12)13)3-4-9(6)7(10)11/h6H,3-5H2,1-2H3,(H,10,11). The minimum Gasteiger partial charge on any atom is -0.465 e. The highest BCUT2D eigenvalue weighted by atomic mass is 32.2. The summed E-state index contributed by atoms with van der Waals surface area (Å²) in [6.07, 6.45) is 0.140. The number of carbonyl (C=O) groups is 1. The van der Waals surface area contributed by atoms with Crippen LogP contribution in [0.1, 0.15) is 6.92 Å². The number of rotatable bonds is 1. The molecule has 1 fully saturated rings. The van der Waals surface area contributed by atoms with Crippen LogP contribution in [0.3, 0.4) is 0 Å². The van der Waals surface area contributed by atoms with Gasteiger partial charge in [0.15, 0.2) is 0 Å². The Labute approximate surface area is 83.2 Å². The first-order chi connectivity index (χ1) is 6.32. The van der Waals surface area contributed by atoms with Gasteiger partial charge >= 0.3 is 6.09 Å². The van der Waals surface area contributed by atoms with Gasteiger partial charge < -0.3 is 10.0 Å². The van der Waals surface area contributed by atoms with Gasteiger partial charge in [-0.3, -0.25) is 0 Å². The lowest BCUT2D eigenvalue weighted by Crippen LogP contribution is -2.54. The third-order valence-electron chi connectivity index (χ3n) is 2.30. The molecule has 6 nitrogen and oxygen atoms in total. The van der Waals surface area contributed by atoms with Crippen LogP contribution in [0.5, 0.6) is 0 Å². The van der Waals surface area contributed by atoms with Crippen LogP contribution >= 0.6 is 0 Å². The number of sulfonamides is 1. The van der Waals surface area contributed by atoms with E-state index in [-0.39, 0.29) is 25.7 Å². The van der Waals surface area contributed by atoms with Crippen LogP contribution in [-0.2, 0) is 10.0 Å². The van der Waals surface area contributed by atoms with Gasteiger partial charge in [-0.25, -0.2) is 13.2 Å². The molecule has 0 aromatic heterocycles. The molecule has 1 unspecified atom stereocenters. The molecule has 0 saturated carbocycles. The fourth-order valence-corrected chi connectivity index (χ4v) is 2.41. The Hall–Kier alpha value is -0.820. The SMILES string of the molecule is CC1CN(S(C)(=O)=O)CCN1C(=O)O. The van der Waals surface area contributed by atoms with E-state index in [1.165, 1.54) is 9.21 Å². The lowest BCUT2D eigenvalue weighted by molar-refractivity contribution is 0.0994. The van der Waals surface area contributed by atoms with Gasteiger partial charge in [0.2, 0.25) is 10.0 Å². The van der Waals surface area contributed by atoms with Crippen LogP contribution < -0.4 is 0 Å². The van der Waals surface area contributed by atoms with Crippen molar-refractivity contribution in [2.75, 3.05) is 25.9 Å². The zero-order valence-electron chi connectivity index (χ0n) is 8.17. The molecule has 0 aliphatic carbocycles. The summed E-state index contributed by atoms with van der Waals surface area (Å²) in [6, 6.07) is -0.282. The number of nitrogens with zero attached hydrogens (tertiary/aromatic N) is 2. The number of hydrogen-bond acceptors (Lipinski definition) is 3. The molecule has 1 heterocycles. The Morgan fingerprint density at radius 2 is 2.00 bits per heavy atom. The summed E-state index contributed by atoms with van der Waals surface area (Å²) in [7, 11) is -3.19. The maximum absolute atomic E-state index is 11.2. The third-order valence-corrected chi connectivity index (χ3v) is 3.57. The molecule has 0 spiro atoms. The summed E-state index contributed by atoms with van der Waals surface area (Å²) in [6.45, 7) is 2.43. The van der Waals surface area contributed by atoms with E-state index >= 15 is 0 Å². The van der Waals surface area contributed by atoms with Gasteiger partial charge in [-0.15, -0.1) is 0 Å². The third kappa shape index (κ3) is 2.36. The fraction of sp³-hybridized carbons (Fsp3) is 0.857. The summed E-state index contributed by atoms with van der Waals surface area (Å²) in [4.78, 5) is 11.9. The van der Waals surface area contributed by atoms with Crippen molar-refractivity contribution in [3.8, 4) is 0 Å². The van der Waals surface area contributed by atoms with Gasteiger partial charge in [0.05, 0.1) is 6.26 Å². The van der Waals surface area contributed by atoms with E-state index in [4.69, 9.17) is 5.11 Å². The maximum Gasteiger partial charge on any atom is 0.407 e. The lowest BCUT2D eigenvalue weighted by Gasteiger charge is -2.36. The van der Waals surface area contributed by atoms with Gasteiger partial charge in [-0.2, -0.15) is 4.31 Å². The van der Waals surface area contributed by atoms with E-state index in [2.05, 4.69) is 0 Å². The molecule has 1 amide bonds. The van der Waals surface area contributed by atoms with Crippen molar-refractivity contribution in [3.05, 3.63) is 0 Å². The lowest BCUT2D eigenvalue weighted by atomic mass is 10.2. The predicted molar refractivity (Wildman–Crippen MR) is 50.6 cm³/mol. The molecule has 1 atom stereocenters. The van der Waals surface area contributed by atoms with E-state index < -0.39 is 16.1 Å². The number of amides is 1. The minimum absolute atomic E-state index is 0.240. The topological polar surface area (TPSA) is 77.9 Å². The van der Waals surface area contributed by atoms with Crippen LogP contribution in [-0.4, -0.2) is 60.8 Å². The molecule has 0 aromatic rings. The molecule has 7 heteroatoms. The second-order valence-corrected chi connectivity index (χ2v) is 5.43. The van der Waals surface area contributed by atoms with E-state index in [0.29, 0.717) is 0 Å². The second kappa shape index (κ2) is 3.74. The summed E-state index contributed by atoms with van der Waals surface area (Å²) in [5, 5.41) is 8.76. The van der Waals surface area contributed by atoms with Crippen LogP contribution in [0.4, 0.5) is 4.79 Å². The Morgan fingerprint density at radius 1 is 1.43 bits per heavy atom. The summed E-state index contributed by atoms with van der Waals surface area (Å²) < 4.78 is 23.6. The number of hydrogen-bond donors (Lipinski definition) is 1. The van der Waals surface area contributed by atoms with Crippen LogP contribution in [0.15, 0.2) is 0 Å². The first-order valence-corrected chi connectivity index (χ1v) is 6.12. The van der Waals surface area contributed by atoms with Crippen molar-refractivity contribution in [1.82, 2.24) is 9.21 Å². The molecule has 0 bridgehead atoms. The van der Waals surface area contributed by atoms with Gasteiger partial charge in [0, 0.05) is 25.7 Å². The fourth-order valence-electron chi connectivity index (χ4n) is 1.51. The van der Waals surface area contributed by atoms with Crippen LogP contribution in [0, 0.1) is 0 Å². The second-order valence-electron chi connectivity index (χ2n) is 3.45. The molecule has 82 valence electrons. The molecule has 1 aliphatic heterocycles. The molecule has 0 aromatic carbocycles. The molecule has 0 radical (unpaired) electrons. The smallest absolute Gasteiger partial charge is 0.407 e. The number of carboxylic acid groups (broad SMARTS) is 1. The molecular formula is C7H14N2O4S. The van der Waals surface area contributed by atoms with Gasteiger partial charge in [0.25, 0.3) is 0 Å².